The molecule has 0 fully saturated rings. The molecule has 3 N–H and O–H groups in total. The Labute approximate surface area is 91.0 Å². The van der Waals surface area contributed by atoms with Crippen LogP contribution in [0, 0.1) is 5.82 Å². The summed E-state index contributed by atoms with van der Waals surface area (Å²) in [7, 11) is 1.34. The van der Waals surface area contributed by atoms with Gasteiger partial charge in [-0.25, -0.2) is 4.39 Å². The number of anilines is 1. The number of rotatable bonds is 2. The van der Waals surface area contributed by atoms with Crippen molar-refractivity contribution in [3.8, 4) is 5.75 Å². The van der Waals surface area contributed by atoms with Crippen molar-refractivity contribution in [3.05, 3.63) is 23.0 Å². The largest absolute Gasteiger partial charge is 0.492 e. The van der Waals surface area contributed by atoms with Crippen LogP contribution in [-0.2, 0) is 0 Å². The van der Waals surface area contributed by atoms with Gasteiger partial charge in [0.2, 0.25) is 0 Å². The minimum absolute atomic E-state index is 0.000145. The Balaban J connectivity index is 3.07. The number of nitrogens with two attached hydrogens (primary N) is 1. The van der Waals surface area contributed by atoms with E-state index in [1.165, 1.54) is 19.2 Å². The fourth-order valence-electron chi connectivity index (χ4n) is 0.969. The summed E-state index contributed by atoms with van der Waals surface area (Å²) >= 11 is 10.3. The first-order chi connectivity index (χ1) is 6.54. The average molecular weight is 235 g/mol. The van der Waals surface area contributed by atoms with Crippen molar-refractivity contribution in [2.75, 3.05) is 12.4 Å². The van der Waals surface area contributed by atoms with E-state index >= 15 is 0 Å². The van der Waals surface area contributed by atoms with Crippen molar-refractivity contribution in [1.29, 1.82) is 0 Å². The minimum Gasteiger partial charge on any atom is -0.492 e. The number of nitrogens with one attached hydrogen (secondary N) is 1. The Morgan fingerprint density at radius 1 is 1.64 bits per heavy atom. The van der Waals surface area contributed by atoms with E-state index in [4.69, 9.17) is 22.1 Å². The minimum atomic E-state index is -0.571. The first kappa shape index (κ1) is 11.0. The summed E-state index contributed by atoms with van der Waals surface area (Å²) in [6.07, 6.45) is 0. The van der Waals surface area contributed by atoms with Crippen LogP contribution in [0.2, 0.25) is 5.02 Å². The van der Waals surface area contributed by atoms with Gasteiger partial charge in [-0.2, -0.15) is 0 Å². The molecule has 0 unspecified atom stereocenters. The lowest BCUT2D eigenvalue weighted by molar-refractivity contribution is 0.387. The third kappa shape index (κ3) is 2.46. The first-order valence-corrected chi connectivity index (χ1v) is 4.42. The zero-order chi connectivity index (χ0) is 10.7. The van der Waals surface area contributed by atoms with Crippen LogP contribution in [0.1, 0.15) is 0 Å². The molecule has 0 aliphatic carbocycles. The van der Waals surface area contributed by atoms with Gasteiger partial charge in [0.1, 0.15) is 0 Å². The molecule has 0 saturated carbocycles. The van der Waals surface area contributed by atoms with Gasteiger partial charge in [-0.1, -0.05) is 11.6 Å². The predicted octanol–water partition coefficient (Wildman–Crippen LogP) is 2.14. The SMILES string of the molecule is COc1c(F)cc(NC(N)=S)cc1Cl. The Morgan fingerprint density at radius 3 is 2.71 bits per heavy atom. The highest BCUT2D eigenvalue weighted by Gasteiger charge is 2.09. The van der Waals surface area contributed by atoms with Crippen LogP contribution in [0.4, 0.5) is 10.1 Å². The van der Waals surface area contributed by atoms with Crippen molar-refractivity contribution in [2.45, 2.75) is 0 Å². The third-order valence-corrected chi connectivity index (χ3v) is 1.85. The van der Waals surface area contributed by atoms with Crippen LogP contribution >= 0.6 is 23.8 Å². The second-order valence-corrected chi connectivity index (χ2v) is 3.31. The van der Waals surface area contributed by atoms with Gasteiger partial charge >= 0.3 is 0 Å². The maximum Gasteiger partial charge on any atom is 0.173 e. The standard InChI is InChI=1S/C8H8ClFN2OS/c1-13-7-5(9)2-4(3-6(7)10)12-8(11)14/h2-3H,1H3,(H3,11,12,14). The molecule has 1 rings (SSSR count). The van der Waals surface area contributed by atoms with Gasteiger partial charge in [0.25, 0.3) is 0 Å². The van der Waals surface area contributed by atoms with Crippen LogP contribution in [0.3, 0.4) is 0 Å². The molecule has 0 bridgehead atoms. The number of thiocarbonyl (C=S) groups is 1. The van der Waals surface area contributed by atoms with E-state index in [2.05, 4.69) is 17.5 Å². The molecule has 0 aliphatic heterocycles. The zero-order valence-corrected chi connectivity index (χ0v) is 8.88. The van der Waals surface area contributed by atoms with E-state index in [0.29, 0.717) is 5.69 Å². The Kier molecular flexibility index (Phi) is 3.49. The lowest BCUT2D eigenvalue weighted by Crippen LogP contribution is -2.18. The van der Waals surface area contributed by atoms with Crippen molar-refractivity contribution in [3.63, 3.8) is 0 Å². The van der Waals surface area contributed by atoms with Gasteiger partial charge in [-0.15, -0.1) is 0 Å². The molecule has 0 aliphatic rings. The van der Waals surface area contributed by atoms with Crippen molar-refractivity contribution in [2.24, 2.45) is 5.73 Å². The summed E-state index contributed by atoms with van der Waals surface area (Å²) in [6.45, 7) is 0. The van der Waals surface area contributed by atoms with E-state index in [9.17, 15) is 4.39 Å². The predicted molar refractivity (Wildman–Crippen MR) is 58.4 cm³/mol. The summed E-state index contributed by atoms with van der Waals surface area (Å²) < 4.78 is 18.0. The monoisotopic (exact) mass is 234 g/mol. The van der Waals surface area contributed by atoms with E-state index in [0.717, 1.165) is 0 Å². The van der Waals surface area contributed by atoms with Crippen molar-refractivity contribution >= 4 is 34.6 Å². The average Bonchev–Trinajstić information content (AvgIpc) is 2.01. The highest BCUT2D eigenvalue weighted by Crippen LogP contribution is 2.30. The lowest BCUT2D eigenvalue weighted by atomic mass is 10.3. The summed E-state index contributed by atoms with van der Waals surface area (Å²) in [5, 5.41) is 2.77. The fraction of sp³-hybridized carbons (Fsp3) is 0.125. The van der Waals surface area contributed by atoms with Gasteiger partial charge < -0.3 is 15.8 Å². The van der Waals surface area contributed by atoms with Crippen LogP contribution in [0.5, 0.6) is 5.75 Å². The third-order valence-electron chi connectivity index (χ3n) is 1.47. The van der Waals surface area contributed by atoms with Crippen molar-refractivity contribution < 1.29 is 9.13 Å². The number of benzene rings is 1. The van der Waals surface area contributed by atoms with E-state index in [1.807, 2.05) is 0 Å². The lowest BCUT2D eigenvalue weighted by Gasteiger charge is -2.08. The van der Waals surface area contributed by atoms with E-state index in [1.54, 1.807) is 0 Å². The van der Waals surface area contributed by atoms with Gasteiger partial charge in [0.15, 0.2) is 16.7 Å². The normalized spacial score (nSPS) is 9.64. The molecule has 0 heterocycles. The molecule has 3 nitrogen and oxygen atoms in total. The second kappa shape index (κ2) is 4.43. The summed E-state index contributed by atoms with van der Waals surface area (Å²) in [5.74, 6) is -0.570. The molecule has 0 radical (unpaired) electrons. The quantitative estimate of drug-likeness (QED) is 0.770. The molecule has 1 aromatic rings. The van der Waals surface area contributed by atoms with E-state index < -0.39 is 5.82 Å². The Bertz CT molecular complexity index is 349. The van der Waals surface area contributed by atoms with Gasteiger partial charge in [-0.3, -0.25) is 0 Å². The highest BCUT2D eigenvalue weighted by molar-refractivity contribution is 7.80. The van der Waals surface area contributed by atoms with Crippen LogP contribution < -0.4 is 15.8 Å². The zero-order valence-electron chi connectivity index (χ0n) is 7.30. The van der Waals surface area contributed by atoms with Gasteiger partial charge in [0.05, 0.1) is 12.1 Å². The number of methoxy groups -OCH3 is 1. The van der Waals surface area contributed by atoms with Gasteiger partial charge in [-0.05, 0) is 18.3 Å². The summed E-state index contributed by atoms with van der Waals surface area (Å²) in [5.41, 5.74) is 5.61. The highest BCUT2D eigenvalue weighted by atomic mass is 35.5. The number of hydrogen-bond acceptors (Lipinski definition) is 2. The molecular weight excluding hydrogens is 227 g/mol. The van der Waals surface area contributed by atoms with Crippen LogP contribution in [0.15, 0.2) is 12.1 Å². The first-order valence-electron chi connectivity index (χ1n) is 3.64. The smallest absolute Gasteiger partial charge is 0.173 e. The maximum absolute atomic E-state index is 13.2. The van der Waals surface area contributed by atoms with Crippen LogP contribution in [-0.4, -0.2) is 12.2 Å². The summed E-state index contributed by atoms with van der Waals surface area (Å²) in [4.78, 5) is 0. The Morgan fingerprint density at radius 2 is 2.29 bits per heavy atom. The molecule has 0 aromatic heterocycles. The summed E-state index contributed by atoms with van der Waals surface area (Å²) in [6, 6.07) is 2.67. The van der Waals surface area contributed by atoms with Crippen LogP contribution in [0.25, 0.3) is 0 Å². The molecule has 6 heteroatoms. The molecule has 14 heavy (non-hydrogen) atoms. The molecule has 1 aromatic carbocycles. The topological polar surface area (TPSA) is 47.3 Å². The second-order valence-electron chi connectivity index (χ2n) is 2.46. The van der Waals surface area contributed by atoms with Crippen molar-refractivity contribution in [1.82, 2.24) is 0 Å². The molecule has 0 amide bonds. The van der Waals surface area contributed by atoms with E-state index in [-0.39, 0.29) is 15.9 Å². The molecular formula is C8H8ClFN2OS. The Hall–Kier alpha value is -1.07. The fourth-order valence-corrected chi connectivity index (χ4v) is 1.37. The number of ether oxygens (including phenoxy) is 1. The molecule has 0 atom stereocenters. The molecule has 0 spiro atoms. The molecule has 76 valence electrons. The number of halogens is 2. The number of hydrogen-bond donors (Lipinski definition) is 2. The molecule has 0 saturated heterocycles. The maximum atomic E-state index is 13.2. The van der Waals surface area contributed by atoms with Gasteiger partial charge in [0, 0.05) is 11.8 Å².